The zero-order chi connectivity index (χ0) is 13.6. The number of aliphatic carboxylic acids is 1. The Morgan fingerprint density at radius 3 is 2.35 bits per heavy atom. The van der Waals surface area contributed by atoms with Crippen LogP contribution in [0.1, 0.15) is 20.3 Å². The first-order chi connectivity index (χ1) is 7.72. The maximum Gasteiger partial charge on any atom is 0.405 e. The Labute approximate surface area is 97.6 Å². The molecule has 2 unspecified atom stereocenters. The number of nitrogens with zero attached hydrogens (tertiary/aromatic N) is 2. The molecule has 0 amide bonds. The Balaban J connectivity index is 4.73. The highest BCUT2D eigenvalue weighted by Crippen LogP contribution is 2.27. The highest BCUT2D eigenvalue weighted by molar-refractivity contribution is 5.69. The third kappa shape index (κ3) is 5.54. The topological polar surface area (TPSA) is 64.3 Å². The van der Waals surface area contributed by atoms with Crippen LogP contribution in [0.2, 0.25) is 0 Å². The van der Waals surface area contributed by atoms with Gasteiger partial charge in [0.25, 0.3) is 0 Å². The lowest BCUT2D eigenvalue weighted by molar-refractivity contribution is -0.166. The van der Waals surface area contributed by atoms with E-state index in [4.69, 9.17) is 10.4 Å². The summed E-state index contributed by atoms with van der Waals surface area (Å²) in [4.78, 5) is 11.7. The molecule has 0 aromatic carbocycles. The summed E-state index contributed by atoms with van der Waals surface area (Å²) in [5.74, 6) is -3.36. The smallest absolute Gasteiger partial charge is 0.405 e. The number of nitriles is 1. The van der Waals surface area contributed by atoms with E-state index in [1.165, 1.54) is 6.07 Å². The second-order valence-corrected chi connectivity index (χ2v) is 3.80. The number of carbonyl (C=O) groups is 1. The zero-order valence-corrected chi connectivity index (χ0v) is 9.66. The summed E-state index contributed by atoms with van der Waals surface area (Å²) in [7, 11) is 0. The minimum absolute atomic E-state index is 0.315. The fourth-order valence-corrected chi connectivity index (χ4v) is 1.28. The monoisotopic (exact) mass is 252 g/mol. The molecule has 17 heavy (non-hydrogen) atoms. The van der Waals surface area contributed by atoms with Crippen molar-refractivity contribution in [1.82, 2.24) is 4.90 Å². The third-order valence-corrected chi connectivity index (χ3v) is 2.52. The van der Waals surface area contributed by atoms with Crippen LogP contribution in [0.25, 0.3) is 0 Å². The molecule has 4 nitrogen and oxygen atoms in total. The Morgan fingerprint density at radius 1 is 1.53 bits per heavy atom. The van der Waals surface area contributed by atoms with Gasteiger partial charge in [-0.1, -0.05) is 6.92 Å². The quantitative estimate of drug-likeness (QED) is 0.783. The summed E-state index contributed by atoms with van der Waals surface area (Å²) < 4.78 is 37.2. The first kappa shape index (κ1) is 15.7. The van der Waals surface area contributed by atoms with E-state index < -0.39 is 31.2 Å². The summed E-state index contributed by atoms with van der Waals surface area (Å²) in [6, 6.07) is 0.850. The number of hydrogen-bond donors (Lipinski definition) is 1. The van der Waals surface area contributed by atoms with Crippen LogP contribution in [-0.4, -0.2) is 41.3 Å². The van der Waals surface area contributed by atoms with Crippen LogP contribution in [0.5, 0.6) is 0 Å². The molecule has 2 atom stereocenters. The number of hydrogen-bond acceptors (Lipinski definition) is 3. The minimum atomic E-state index is -4.63. The molecule has 0 saturated heterocycles. The minimum Gasteiger partial charge on any atom is -0.480 e. The van der Waals surface area contributed by atoms with Crippen LogP contribution in [0, 0.1) is 17.2 Å². The van der Waals surface area contributed by atoms with Gasteiger partial charge in [0.1, 0.15) is 0 Å². The second kappa shape index (κ2) is 6.45. The molecule has 0 fully saturated rings. The molecular formula is C10H15F3N2O2. The molecule has 0 aliphatic heterocycles. The summed E-state index contributed by atoms with van der Waals surface area (Å²) in [5, 5.41) is 17.1. The van der Waals surface area contributed by atoms with Crippen LogP contribution in [0.15, 0.2) is 0 Å². The Morgan fingerprint density at radius 2 is 2.06 bits per heavy atom. The molecule has 98 valence electrons. The van der Waals surface area contributed by atoms with E-state index in [2.05, 4.69) is 0 Å². The van der Waals surface area contributed by atoms with Crippen LogP contribution >= 0.6 is 0 Å². The van der Waals surface area contributed by atoms with Gasteiger partial charge in [0.2, 0.25) is 0 Å². The van der Waals surface area contributed by atoms with Gasteiger partial charge in [-0.2, -0.15) is 18.4 Å². The van der Waals surface area contributed by atoms with Crippen LogP contribution in [0.3, 0.4) is 0 Å². The molecule has 7 heteroatoms. The Bertz CT molecular complexity index is 299. The third-order valence-electron chi connectivity index (χ3n) is 2.52. The average molecular weight is 252 g/mol. The number of carboxylic acids is 1. The predicted molar refractivity (Wildman–Crippen MR) is 54.1 cm³/mol. The molecule has 0 rings (SSSR count). The molecule has 0 aliphatic rings. The average Bonchev–Trinajstić information content (AvgIpc) is 2.20. The standard InChI is InChI=1S/C10H15F3N2O2/c1-3-7(2)15(6-9(16)17)5-8(4-14)10(11,12)13/h7-8H,3,5-6H2,1-2H3,(H,16,17). The fourth-order valence-electron chi connectivity index (χ4n) is 1.28. The fraction of sp³-hybridized carbons (Fsp3) is 0.800. The van der Waals surface area contributed by atoms with Crippen molar-refractivity contribution in [3.8, 4) is 6.07 Å². The van der Waals surface area contributed by atoms with Gasteiger partial charge in [0.05, 0.1) is 12.6 Å². The number of halogens is 3. The van der Waals surface area contributed by atoms with Crippen LogP contribution in [0.4, 0.5) is 13.2 Å². The lowest BCUT2D eigenvalue weighted by Gasteiger charge is -2.29. The van der Waals surface area contributed by atoms with Crippen molar-refractivity contribution in [2.45, 2.75) is 32.5 Å². The van der Waals surface area contributed by atoms with E-state index in [0.29, 0.717) is 6.42 Å². The van der Waals surface area contributed by atoms with Gasteiger partial charge in [-0.25, -0.2) is 0 Å². The molecule has 0 spiro atoms. The van der Waals surface area contributed by atoms with E-state index in [9.17, 15) is 18.0 Å². The van der Waals surface area contributed by atoms with Gasteiger partial charge < -0.3 is 5.11 Å². The Kier molecular flexibility index (Phi) is 5.96. The van der Waals surface area contributed by atoms with E-state index in [1.54, 1.807) is 13.8 Å². The first-order valence-corrected chi connectivity index (χ1v) is 5.14. The predicted octanol–water partition coefficient (Wildman–Crippen LogP) is 1.87. The summed E-state index contributed by atoms with van der Waals surface area (Å²) >= 11 is 0. The van der Waals surface area contributed by atoms with Gasteiger partial charge in [0.15, 0.2) is 5.92 Å². The number of rotatable bonds is 6. The van der Waals surface area contributed by atoms with Gasteiger partial charge in [-0.3, -0.25) is 9.69 Å². The first-order valence-electron chi connectivity index (χ1n) is 5.14. The van der Waals surface area contributed by atoms with Crippen LogP contribution in [-0.2, 0) is 4.79 Å². The van der Waals surface area contributed by atoms with Crippen molar-refractivity contribution in [3.05, 3.63) is 0 Å². The SMILES string of the molecule is CCC(C)N(CC(=O)O)CC(C#N)C(F)(F)F. The van der Waals surface area contributed by atoms with Crippen molar-refractivity contribution in [2.24, 2.45) is 5.92 Å². The molecule has 0 aromatic rings. The lowest BCUT2D eigenvalue weighted by atomic mass is 10.1. The Hall–Kier alpha value is -1.29. The normalized spacial score (nSPS) is 15.4. The molecule has 0 bridgehead atoms. The zero-order valence-electron chi connectivity index (χ0n) is 9.66. The van der Waals surface area contributed by atoms with E-state index in [0.717, 1.165) is 4.90 Å². The molecule has 0 aliphatic carbocycles. The van der Waals surface area contributed by atoms with Crippen molar-refractivity contribution < 1.29 is 23.1 Å². The van der Waals surface area contributed by atoms with Crippen molar-refractivity contribution in [1.29, 1.82) is 5.26 Å². The molecule has 0 aromatic heterocycles. The van der Waals surface area contributed by atoms with Crippen molar-refractivity contribution >= 4 is 5.97 Å². The summed E-state index contributed by atoms with van der Waals surface area (Å²) in [6.07, 6.45) is -4.11. The second-order valence-electron chi connectivity index (χ2n) is 3.80. The lowest BCUT2D eigenvalue weighted by Crippen LogP contribution is -2.43. The van der Waals surface area contributed by atoms with Gasteiger partial charge in [-0.15, -0.1) is 0 Å². The molecule has 0 radical (unpaired) electrons. The van der Waals surface area contributed by atoms with Crippen LogP contribution < -0.4 is 0 Å². The van der Waals surface area contributed by atoms with Gasteiger partial charge >= 0.3 is 12.1 Å². The molecule has 0 heterocycles. The van der Waals surface area contributed by atoms with E-state index >= 15 is 0 Å². The van der Waals surface area contributed by atoms with Crippen molar-refractivity contribution in [3.63, 3.8) is 0 Å². The van der Waals surface area contributed by atoms with Gasteiger partial charge in [0, 0.05) is 12.6 Å². The number of carboxylic acid groups (broad SMARTS) is 1. The summed E-state index contributed by atoms with van der Waals surface area (Å²) in [5.41, 5.74) is 0. The largest absolute Gasteiger partial charge is 0.480 e. The molecule has 0 saturated carbocycles. The highest BCUT2D eigenvalue weighted by atomic mass is 19.4. The highest BCUT2D eigenvalue weighted by Gasteiger charge is 2.41. The summed E-state index contributed by atoms with van der Waals surface area (Å²) in [6.45, 7) is 2.27. The maximum atomic E-state index is 12.4. The maximum absolute atomic E-state index is 12.4. The van der Waals surface area contributed by atoms with Gasteiger partial charge in [-0.05, 0) is 13.3 Å². The van der Waals surface area contributed by atoms with Crippen molar-refractivity contribution in [2.75, 3.05) is 13.1 Å². The molecule has 1 N–H and O–H groups in total. The molecular weight excluding hydrogens is 237 g/mol. The number of alkyl halides is 3. The van der Waals surface area contributed by atoms with E-state index in [1.807, 2.05) is 0 Å². The van der Waals surface area contributed by atoms with E-state index in [-0.39, 0.29) is 6.04 Å².